The summed E-state index contributed by atoms with van der Waals surface area (Å²) in [6, 6.07) is 16.0. The Hall–Kier alpha value is -2.85. The smallest absolute Gasteiger partial charge is 0.220 e. The van der Waals surface area contributed by atoms with Gasteiger partial charge in [-0.05, 0) is 66.6 Å². The Morgan fingerprint density at radius 2 is 1.78 bits per heavy atom. The first-order valence-corrected chi connectivity index (χ1v) is 12.5. The molecular formula is C24H18Cl3FN4O3S. The second kappa shape index (κ2) is 11.5. The lowest BCUT2D eigenvalue weighted by molar-refractivity contribution is -0.479. The third-order valence-corrected chi connectivity index (χ3v) is 7.36. The molecule has 0 aliphatic carbocycles. The van der Waals surface area contributed by atoms with Gasteiger partial charge in [-0.25, -0.2) is 4.39 Å². The molecule has 0 unspecified atom stereocenters. The van der Waals surface area contributed by atoms with Gasteiger partial charge in [0.15, 0.2) is 5.16 Å². The quantitative estimate of drug-likeness (QED) is 0.119. The summed E-state index contributed by atoms with van der Waals surface area (Å²) in [4.78, 5) is 11.1. The number of rotatable bonds is 9. The maximum Gasteiger partial charge on any atom is 0.220 e. The molecule has 0 aliphatic heterocycles. The van der Waals surface area contributed by atoms with E-state index in [9.17, 15) is 14.5 Å². The fourth-order valence-electron chi connectivity index (χ4n) is 3.40. The van der Waals surface area contributed by atoms with Gasteiger partial charge in [-0.15, -0.1) is 10.2 Å². The molecular weight excluding hydrogens is 550 g/mol. The van der Waals surface area contributed by atoms with Gasteiger partial charge in [-0.2, -0.15) is 0 Å². The van der Waals surface area contributed by atoms with Crippen LogP contribution in [0.1, 0.15) is 22.2 Å². The van der Waals surface area contributed by atoms with Gasteiger partial charge in [0.05, 0.1) is 15.1 Å². The summed E-state index contributed by atoms with van der Waals surface area (Å²) in [6.07, 6.45) is 0. The summed E-state index contributed by atoms with van der Waals surface area (Å²) in [7, 11) is 0. The van der Waals surface area contributed by atoms with Gasteiger partial charge in [0.2, 0.25) is 6.54 Å². The minimum Gasteiger partial charge on any atom is -0.487 e. The average Bonchev–Trinajstić information content (AvgIpc) is 3.20. The van der Waals surface area contributed by atoms with Crippen molar-refractivity contribution in [3.63, 3.8) is 0 Å². The minimum absolute atomic E-state index is 0.211. The third kappa shape index (κ3) is 6.28. The second-order valence-electron chi connectivity index (χ2n) is 7.69. The van der Waals surface area contributed by atoms with Crippen LogP contribution >= 0.6 is 46.6 Å². The van der Waals surface area contributed by atoms with Crippen molar-refractivity contribution in [3.8, 4) is 11.4 Å². The number of benzene rings is 3. The highest BCUT2D eigenvalue weighted by atomic mass is 35.5. The SMILES string of the molecule is Cc1nnc(S[C@H](C[N+](=O)[O-])c2ccc(OCc3ccc(Cl)c(Cl)c3)c(Cl)c2)n1-c1ccc(F)cc1. The summed E-state index contributed by atoms with van der Waals surface area (Å²) in [5.41, 5.74) is 2.07. The maximum atomic E-state index is 13.4. The minimum atomic E-state index is -0.621. The number of hydrogen-bond acceptors (Lipinski definition) is 6. The number of nitrogens with zero attached hydrogens (tertiary/aromatic N) is 4. The largest absolute Gasteiger partial charge is 0.487 e. The van der Waals surface area contributed by atoms with Gasteiger partial charge in [0.25, 0.3) is 0 Å². The number of hydrogen-bond donors (Lipinski definition) is 0. The maximum absolute atomic E-state index is 13.4. The van der Waals surface area contributed by atoms with Crippen molar-refractivity contribution >= 4 is 46.6 Å². The van der Waals surface area contributed by atoms with E-state index in [1.807, 2.05) is 0 Å². The zero-order valence-electron chi connectivity index (χ0n) is 18.7. The van der Waals surface area contributed by atoms with E-state index in [-0.39, 0.29) is 19.0 Å². The van der Waals surface area contributed by atoms with Crippen LogP contribution < -0.4 is 4.74 Å². The summed E-state index contributed by atoms with van der Waals surface area (Å²) >= 11 is 19.6. The highest BCUT2D eigenvalue weighted by molar-refractivity contribution is 7.99. The standard InChI is InChI=1S/C24H18Cl3FN4O3S/c1-14-29-30-24(32(14)18-6-4-17(28)5-7-18)36-23(12-31(33)34)16-3-9-22(21(27)11-16)35-13-15-2-8-19(25)20(26)10-15/h2-11,23H,12-13H2,1H3/t23-/m1/s1. The van der Waals surface area contributed by atoms with Crippen LogP contribution in [-0.2, 0) is 6.61 Å². The van der Waals surface area contributed by atoms with Gasteiger partial charge in [0.1, 0.15) is 29.2 Å². The van der Waals surface area contributed by atoms with Crippen LogP contribution in [0.5, 0.6) is 5.75 Å². The van der Waals surface area contributed by atoms with Crippen LogP contribution in [0.2, 0.25) is 15.1 Å². The van der Waals surface area contributed by atoms with E-state index in [1.54, 1.807) is 60.0 Å². The average molecular weight is 568 g/mol. The zero-order chi connectivity index (χ0) is 25.8. The number of thioether (sulfide) groups is 1. The van der Waals surface area contributed by atoms with Gasteiger partial charge >= 0.3 is 0 Å². The lowest BCUT2D eigenvalue weighted by Gasteiger charge is -2.16. The Bertz CT molecular complexity index is 1400. The molecule has 0 fully saturated rings. The molecule has 0 saturated heterocycles. The van der Waals surface area contributed by atoms with E-state index in [0.717, 1.165) is 5.56 Å². The first-order chi connectivity index (χ1) is 17.2. The second-order valence-corrected chi connectivity index (χ2v) is 10.1. The molecule has 0 amide bonds. The summed E-state index contributed by atoms with van der Waals surface area (Å²) < 4.78 is 20.9. The van der Waals surface area contributed by atoms with Crippen molar-refractivity contribution in [2.75, 3.05) is 6.54 Å². The summed E-state index contributed by atoms with van der Waals surface area (Å²) in [5, 5.41) is 20.7. The normalized spacial score (nSPS) is 11.9. The highest BCUT2D eigenvalue weighted by Crippen LogP contribution is 2.39. The Morgan fingerprint density at radius 3 is 2.44 bits per heavy atom. The molecule has 1 heterocycles. The molecule has 36 heavy (non-hydrogen) atoms. The molecule has 0 aliphatic rings. The molecule has 186 valence electrons. The highest BCUT2D eigenvalue weighted by Gasteiger charge is 2.24. The van der Waals surface area contributed by atoms with Gasteiger partial charge in [-0.1, -0.05) is 58.7 Å². The zero-order valence-corrected chi connectivity index (χ0v) is 21.8. The monoisotopic (exact) mass is 566 g/mol. The molecule has 0 spiro atoms. The molecule has 1 aromatic heterocycles. The number of aryl methyl sites for hydroxylation is 1. The first kappa shape index (κ1) is 26.2. The van der Waals surface area contributed by atoms with E-state index >= 15 is 0 Å². The van der Waals surface area contributed by atoms with Crippen LogP contribution in [0.15, 0.2) is 65.8 Å². The van der Waals surface area contributed by atoms with Crippen molar-refractivity contribution in [2.24, 2.45) is 0 Å². The molecule has 3 aromatic carbocycles. The van der Waals surface area contributed by atoms with E-state index < -0.39 is 10.2 Å². The van der Waals surface area contributed by atoms with Crippen molar-refractivity contribution in [2.45, 2.75) is 23.9 Å². The molecule has 7 nitrogen and oxygen atoms in total. The van der Waals surface area contributed by atoms with Crippen molar-refractivity contribution in [1.29, 1.82) is 0 Å². The first-order valence-electron chi connectivity index (χ1n) is 10.5. The number of halogens is 4. The molecule has 1 atom stereocenters. The van der Waals surface area contributed by atoms with E-state index in [4.69, 9.17) is 39.5 Å². The van der Waals surface area contributed by atoms with Gasteiger partial charge in [0, 0.05) is 10.6 Å². The Labute approximate surface area is 225 Å². The molecule has 0 saturated carbocycles. The summed E-state index contributed by atoms with van der Waals surface area (Å²) in [6.45, 7) is 1.59. The molecule has 0 radical (unpaired) electrons. The molecule has 0 bridgehead atoms. The van der Waals surface area contributed by atoms with Crippen molar-refractivity contribution in [3.05, 3.63) is 109 Å². The van der Waals surface area contributed by atoms with Crippen molar-refractivity contribution < 1.29 is 14.1 Å². The Kier molecular flexibility index (Phi) is 8.35. The fourth-order valence-corrected chi connectivity index (χ4v) is 5.13. The van der Waals surface area contributed by atoms with Crippen LogP contribution in [0.25, 0.3) is 5.69 Å². The van der Waals surface area contributed by atoms with Gasteiger partial charge in [-0.3, -0.25) is 14.7 Å². The lowest BCUT2D eigenvalue weighted by Crippen LogP contribution is -2.11. The van der Waals surface area contributed by atoms with E-state index in [1.165, 1.54) is 23.9 Å². The predicted molar refractivity (Wildman–Crippen MR) is 139 cm³/mol. The fraction of sp³-hybridized carbons (Fsp3) is 0.167. The number of nitro groups is 1. The molecule has 12 heteroatoms. The van der Waals surface area contributed by atoms with E-state index in [0.29, 0.717) is 43.0 Å². The number of aromatic nitrogens is 3. The Balaban J connectivity index is 1.56. The van der Waals surface area contributed by atoms with Gasteiger partial charge < -0.3 is 4.74 Å². The molecule has 4 aromatic rings. The van der Waals surface area contributed by atoms with Crippen LogP contribution in [0, 0.1) is 22.9 Å². The van der Waals surface area contributed by atoms with E-state index in [2.05, 4.69) is 10.2 Å². The van der Waals surface area contributed by atoms with Crippen LogP contribution in [0.4, 0.5) is 4.39 Å². The lowest BCUT2D eigenvalue weighted by atomic mass is 10.1. The topological polar surface area (TPSA) is 83.1 Å². The third-order valence-electron chi connectivity index (χ3n) is 5.15. The number of ether oxygens (including phenoxy) is 1. The van der Waals surface area contributed by atoms with Crippen LogP contribution in [-0.4, -0.2) is 26.2 Å². The molecule has 0 N–H and O–H groups in total. The van der Waals surface area contributed by atoms with Crippen LogP contribution in [0.3, 0.4) is 0 Å². The Morgan fingerprint density at radius 1 is 1.03 bits per heavy atom. The molecule has 4 rings (SSSR count). The predicted octanol–water partition coefficient (Wildman–Crippen LogP) is 7.36. The summed E-state index contributed by atoms with van der Waals surface area (Å²) in [5.74, 6) is 0.607. The van der Waals surface area contributed by atoms with Crippen molar-refractivity contribution in [1.82, 2.24) is 14.8 Å².